The number of nitrogens with zero attached hydrogens (tertiary/aromatic N) is 3. The van der Waals surface area contributed by atoms with Crippen molar-refractivity contribution in [2.45, 2.75) is 32.2 Å². The molecule has 0 N–H and O–H groups in total. The van der Waals surface area contributed by atoms with Crippen molar-refractivity contribution in [3.05, 3.63) is 75.9 Å². The van der Waals surface area contributed by atoms with E-state index >= 15 is 0 Å². The van der Waals surface area contributed by atoms with E-state index in [1.54, 1.807) is 24.6 Å². The van der Waals surface area contributed by atoms with Crippen molar-refractivity contribution in [2.75, 3.05) is 18.6 Å². The first-order valence-electron chi connectivity index (χ1n) is 10.3. The molecule has 3 aromatic rings. The van der Waals surface area contributed by atoms with E-state index in [0.29, 0.717) is 6.54 Å². The molecule has 1 aliphatic carbocycles. The van der Waals surface area contributed by atoms with E-state index in [9.17, 15) is 4.79 Å². The largest absolute Gasteiger partial charge is 0.497 e. The molecule has 0 saturated heterocycles. The number of carbonyl (C=O) groups is 1. The molecule has 30 heavy (non-hydrogen) atoms. The number of aromatic nitrogens is 1. The second-order valence-corrected chi connectivity index (χ2v) is 8.71. The Hall–Kier alpha value is -2.99. The molecule has 1 aromatic carbocycles. The van der Waals surface area contributed by atoms with Gasteiger partial charge in [0.1, 0.15) is 17.3 Å². The Balaban J connectivity index is 1.64. The highest BCUT2D eigenvalue weighted by Gasteiger charge is 2.32. The summed E-state index contributed by atoms with van der Waals surface area (Å²) in [6.45, 7) is 0.669. The second kappa shape index (κ2) is 8.03. The van der Waals surface area contributed by atoms with Crippen LogP contribution in [0.15, 0.2) is 53.8 Å². The highest BCUT2D eigenvalue weighted by atomic mass is 32.1. The zero-order valence-electron chi connectivity index (χ0n) is 16.9. The Morgan fingerprint density at radius 1 is 1.13 bits per heavy atom. The Labute approximate surface area is 180 Å². The zero-order valence-corrected chi connectivity index (χ0v) is 17.7. The summed E-state index contributed by atoms with van der Waals surface area (Å²) in [5, 5.41) is 1.03. The van der Waals surface area contributed by atoms with E-state index in [1.165, 1.54) is 23.3 Å². The van der Waals surface area contributed by atoms with Crippen molar-refractivity contribution in [3.8, 4) is 5.75 Å². The van der Waals surface area contributed by atoms with Crippen LogP contribution in [0.4, 0.5) is 5.00 Å². The maximum absolute atomic E-state index is 13.2. The highest BCUT2D eigenvalue weighted by molar-refractivity contribution is 7.17. The van der Waals surface area contributed by atoms with Gasteiger partial charge in [0.15, 0.2) is 0 Å². The topological polar surface area (TPSA) is 54.8 Å². The number of benzene rings is 1. The number of hydrogen-bond acceptors (Lipinski definition) is 5. The standard InChI is InChI=1S/C24H23N3O2S/c1-29-18-10-8-17(9-11-18)23-22-19-6-2-3-7-20(19)30-24(22)27(21(28)14-26-23)15-16-5-4-12-25-13-16/h4-5,8-13H,2-3,6-7,14-15H2,1H3. The number of aryl methyl sites for hydroxylation is 1. The monoisotopic (exact) mass is 417 g/mol. The average Bonchev–Trinajstić information content (AvgIpc) is 3.11. The molecule has 0 atom stereocenters. The number of anilines is 1. The predicted molar refractivity (Wildman–Crippen MR) is 120 cm³/mol. The van der Waals surface area contributed by atoms with Crippen LogP contribution in [-0.2, 0) is 24.2 Å². The van der Waals surface area contributed by atoms with Gasteiger partial charge in [-0.15, -0.1) is 11.3 Å². The molecule has 3 heterocycles. The van der Waals surface area contributed by atoms with Crippen molar-refractivity contribution in [3.63, 3.8) is 0 Å². The molecular weight excluding hydrogens is 394 g/mol. The molecule has 0 unspecified atom stereocenters. The molecule has 5 nitrogen and oxygen atoms in total. The van der Waals surface area contributed by atoms with E-state index < -0.39 is 0 Å². The minimum atomic E-state index is 0.0298. The number of methoxy groups -OCH3 is 1. The molecule has 0 spiro atoms. The van der Waals surface area contributed by atoms with Crippen molar-refractivity contribution in [2.24, 2.45) is 4.99 Å². The Bertz CT molecular complexity index is 1100. The first-order valence-corrected chi connectivity index (χ1v) is 11.1. The van der Waals surface area contributed by atoms with Gasteiger partial charge in [-0.05, 0) is 67.1 Å². The Morgan fingerprint density at radius 2 is 1.97 bits per heavy atom. The summed E-state index contributed by atoms with van der Waals surface area (Å²) in [6.07, 6.45) is 8.11. The van der Waals surface area contributed by atoms with Crippen LogP contribution in [0.5, 0.6) is 5.75 Å². The number of carbonyl (C=O) groups excluding carboxylic acids is 1. The third-order valence-electron chi connectivity index (χ3n) is 5.74. The molecule has 5 rings (SSSR count). The van der Waals surface area contributed by atoms with E-state index in [1.807, 2.05) is 47.5 Å². The minimum Gasteiger partial charge on any atom is -0.497 e. The molecule has 0 saturated carbocycles. The zero-order chi connectivity index (χ0) is 20.5. The van der Waals surface area contributed by atoms with Crippen LogP contribution < -0.4 is 9.64 Å². The van der Waals surface area contributed by atoms with Gasteiger partial charge >= 0.3 is 0 Å². The highest BCUT2D eigenvalue weighted by Crippen LogP contribution is 2.43. The summed E-state index contributed by atoms with van der Waals surface area (Å²) in [7, 11) is 1.67. The molecule has 152 valence electrons. The fourth-order valence-electron chi connectivity index (χ4n) is 4.23. The summed E-state index contributed by atoms with van der Waals surface area (Å²) in [4.78, 5) is 25.5. The number of aliphatic imine (C=N–C) groups is 1. The molecule has 1 aliphatic heterocycles. The van der Waals surface area contributed by atoms with Gasteiger partial charge in [-0.3, -0.25) is 19.7 Å². The lowest BCUT2D eigenvalue weighted by molar-refractivity contribution is -0.117. The van der Waals surface area contributed by atoms with E-state index in [2.05, 4.69) is 4.98 Å². The lowest BCUT2D eigenvalue weighted by Crippen LogP contribution is -2.31. The van der Waals surface area contributed by atoms with Crippen LogP contribution in [0, 0.1) is 0 Å². The molecular formula is C24H23N3O2S. The number of hydrogen-bond donors (Lipinski definition) is 0. The molecule has 0 fully saturated rings. The summed E-state index contributed by atoms with van der Waals surface area (Å²) >= 11 is 1.77. The van der Waals surface area contributed by atoms with E-state index in [4.69, 9.17) is 9.73 Å². The first kappa shape index (κ1) is 19.0. The molecule has 6 heteroatoms. The smallest absolute Gasteiger partial charge is 0.249 e. The number of fused-ring (bicyclic) bond motifs is 3. The van der Waals surface area contributed by atoms with Gasteiger partial charge in [0.05, 0.1) is 19.4 Å². The quantitative estimate of drug-likeness (QED) is 0.632. The maximum atomic E-state index is 13.2. The van der Waals surface area contributed by atoms with E-state index in [0.717, 1.165) is 46.0 Å². The van der Waals surface area contributed by atoms with Crippen molar-refractivity contribution in [1.29, 1.82) is 0 Å². The van der Waals surface area contributed by atoms with Crippen molar-refractivity contribution >= 4 is 28.0 Å². The summed E-state index contributed by atoms with van der Waals surface area (Å²) in [5.41, 5.74) is 5.50. The molecule has 2 aliphatic rings. The van der Waals surface area contributed by atoms with Crippen LogP contribution in [0.25, 0.3) is 0 Å². The fourth-order valence-corrected chi connectivity index (χ4v) is 5.63. The third-order valence-corrected chi connectivity index (χ3v) is 7.05. The van der Waals surface area contributed by atoms with E-state index in [-0.39, 0.29) is 12.5 Å². The van der Waals surface area contributed by atoms with Crippen LogP contribution >= 0.6 is 11.3 Å². The summed E-state index contributed by atoms with van der Waals surface area (Å²) in [5.74, 6) is 0.844. The normalized spacial score (nSPS) is 15.8. The number of ether oxygens (including phenoxy) is 1. The second-order valence-electron chi connectivity index (χ2n) is 7.63. The van der Waals surface area contributed by atoms with Gasteiger partial charge in [-0.2, -0.15) is 0 Å². The minimum absolute atomic E-state index is 0.0298. The first-order chi connectivity index (χ1) is 14.7. The lowest BCUT2D eigenvalue weighted by atomic mass is 9.91. The molecule has 0 bridgehead atoms. The van der Waals surface area contributed by atoms with Gasteiger partial charge in [0, 0.05) is 28.4 Å². The van der Waals surface area contributed by atoms with Gasteiger partial charge in [0.2, 0.25) is 5.91 Å². The van der Waals surface area contributed by atoms with Crippen molar-refractivity contribution in [1.82, 2.24) is 4.98 Å². The number of rotatable bonds is 4. The van der Waals surface area contributed by atoms with Gasteiger partial charge in [0.25, 0.3) is 0 Å². The predicted octanol–water partition coefficient (Wildman–Crippen LogP) is 4.41. The van der Waals surface area contributed by atoms with Crippen LogP contribution in [0.2, 0.25) is 0 Å². The van der Waals surface area contributed by atoms with Gasteiger partial charge < -0.3 is 4.74 Å². The summed E-state index contributed by atoms with van der Waals surface area (Å²) in [6, 6.07) is 11.9. The molecule has 1 amide bonds. The van der Waals surface area contributed by atoms with Crippen LogP contribution in [-0.4, -0.2) is 30.3 Å². The van der Waals surface area contributed by atoms with Crippen molar-refractivity contribution < 1.29 is 9.53 Å². The number of thiophene rings is 1. The Kier molecular flexibility index (Phi) is 5.09. The number of amides is 1. The number of pyridine rings is 1. The third kappa shape index (κ3) is 3.41. The Morgan fingerprint density at radius 3 is 2.73 bits per heavy atom. The van der Waals surface area contributed by atoms with Gasteiger partial charge in [-0.1, -0.05) is 6.07 Å². The van der Waals surface area contributed by atoms with Gasteiger partial charge in [-0.25, -0.2) is 0 Å². The summed E-state index contributed by atoms with van der Waals surface area (Å²) < 4.78 is 5.32. The molecule has 0 radical (unpaired) electrons. The lowest BCUT2D eigenvalue weighted by Gasteiger charge is -2.21. The van der Waals surface area contributed by atoms with Crippen LogP contribution in [0.1, 0.15) is 40.0 Å². The average molecular weight is 418 g/mol. The van der Waals surface area contributed by atoms with Crippen LogP contribution in [0.3, 0.4) is 0 Å². The fraction of sp³-hybridized carbons (Fsp3) is 0.292. The SMILES string of the molecule is COc1ccc(C2=NCC(=O)N(Cc3cccnc3)c3sc4c(c32)CCCC4)cc1. The molecule has 2 aromatic heterocycles. The maximum Gasteiger partial charge on any atom is 0.249 e.